The number of H-pyrrole nitrogens is 1. The fourth-order valence-corrected chi connectivity index (χ4v) is 5.41. The van der Waals surface area contributed by atoms with E-state index in [4.69, 9.17) is 33.5 Å². The second-order valence-electron chi connectivity index (χ2n) is 7.34. The Morgan fingerprint density at radius 2 is 2.07 bits per heavy atom. The summed E-state index contributed by atoms with van der Waals surface area (Å²) in [5.41, 5.74) is 3.64. The molecule has 5 rings (SSSR count). The smallest absolute Gasteiger partial charge is 0.326 e. The molecule has 0 saturated carbocycles. The van der Waals surface area contributed by atoms with Crippen molar-refractivity contribution in [2.45, 2.75) is 5.92 Å². The number of aromatic amines is 1. The molecular formula is C21H19ClN4O2S2. The first kappa shape index (κ1) is 19.7. The third-order valence-corrected chi connectivity index (χ3v) is 7.12. The number of aromatic nitrogens is 3. The van der Waals surface area contributed by atoms with E-state index in [1.54, 1.807) is 18.4 Å². The summed E-state index contributed by atoms with van der Waals surface area (Å²) in [6, 6.07) is 5.86. The minimum atomic E-state index is -0.237. The van der Waals surface area contributed by atoms with Crippen molar-refractivity contribution >= 4 is 52.4 Å². The highest BCUT2D eigenvalue weighted by Gasteiger charge is 2.30. The molecule has 1 aliphatic heterocycles. The van der Waals surface area contributed by atoms with Gasteiger partial charge >= 0.3 is 5.69 Å². The quantitative estimate of drug-likeness (QED) is 0.459. The lowest BCUT2D eigenvalue weighted by molar-refractivity contribution is 0.122. The van der Waals surface area contributed by atoms with Gasteiger partial charge in [0, 0.05) is 36.9 Å². The maximum Gasteiger partial charge on any atom is 0.326 e. The Labute approximate surface area is 187 Å². The van der Waals surface area contributed by atoms with Gasteiger partial charge < -0.3 is 14.2 Å². The predicted octanol–water partition coefficient (Wildman–Crippen LogP) is 4.05. The van der Waals surface area contributed by atoms with Crippen LogP contribution in [0.5, 0.6) is 0 Å². The van der Waals surface area contributed by atoms with Crippen molar-refractivity contribution in [2.75, 3.05) is 31.2 Å². The number of rotatable bonds is 2. The SMILES string of the molecule is Cn1cc(C2c3ccc(Cl)cc3C=Cc3sc(N4CCOCC4)nc32)c(=S)[nH]c1=O. The molecule has 3 aromatic rings. The number of aryl methyl sites for hydroxylation is 1. The summed E-state index contributed by atoms with van der Waals surface area (Å²) in [7, 11) is 1.72. The van der Waals surface area contributed by atoms with E-state index < -0.39 is 0 Å². The van der Waals surface area contributed by atoms with Gasteiger partial charge in [-0.1, -0.05) is 47.3 Å². The number of morpholine rings is 1. The second kappa shape index (κ2) is 7.77. The number of ether oxygens (including phenoxy) is 1. The summed E-state index contributed by atoms with van der Waals surface area (Å²) < 4.78 is 7.44. The van der Waals surface area contributed by atoms with Crippen LogP contribution in [-0.2, 0) is 11.8 Å². The van der Waals surface area contributed by atoms with E-state index in [0.29, 0.717) is 22.9 Å². The largest absolute Gasteiger partial charge is 0.378 e. The molecule has 1 unspecified atom stereocenters. The van der Waals surface area contributed by atoms with E-state index >= 15 is 0 Å². The van der Waals surface area contributed by atoms with E-state index in [1.165, 1.54) is 4.57 Å². The first-order chi connectivity index (χ1) is 14.5. The van der Waals surface area contributed by atoms with Gasteiger partial charge in [-0.2, -0.15) is 0 Å². The number of hydrogen-bond donors (Lipinski definition) is 1. The molecule has 0 amide bonds. The molecule has 6 nitrogen and oxygen atoms in total. The van der Waals surface area contributed by atoms with Crippen molar-refractivity contribution in [1.29, 1.82) is 0 Å². The van der Waals surface area contributed by atoms with E-state index in [9.17, 15) is 4.79 Å². The highest BCUT2D eigenvalue weighted by Crippen LogP contribution is 2.43. The number of nitrogens with one attached hydrogen (secondary N) is 1. The van der Waals surface area contributed by atoms with Gasteiger partial charge in [0.05, 0.1) is 29.7 Å². The highest BCUT2D eigenvalue weighted by atomic mass is 35.5. The van der Waals surface area contributed by atoms with Crippen LogP contribution >= 0.6 is 35.2 Å². The van der Waals surface area contributed by atoms with Gasteiger partial charge in [-0.15, -0.1) is 0 Å². The van der Waals surface area contributed by atoms with Crippen LogP contribution in [0.1, 0.15) is 33.2 Å². The molecule has 0 radical (unpaired) electrons. The number of anilines is 1. The van der Waals surface area contributed by atoms with Gasteiger partial charge in [-0.3, -0.25) is 4.98 Å². The Morgan fingerprint density at radius 1 is 1.27 bits per heavy atom. The monoisotopic (exact) mass is 458 g/mol. The molecule has 0 spiro atoms. The Hall–Kier alpha value is -2.26. The Kier molecular flexibility index (Phi) is 5.10. The van der Waals surface area contributed by atoms with Crippen LogP contribution < -0.4 is 10.6 Å². The summed E-state index contributed by atoms with van der Waals surface area (Å²) in [6.45, 7) is 3.06. The molecule has 1 saturated heterocycles. The van der Waals surface area contributed by atoms with Gasteiger partial charge in [0.25, 0.3) is 0 Å². The highest BCUT2D eigenvalue weighted by molar-refractivity contribution is 7.71. The van der Waals surface area contributed by atoms with Gasteiger partial charge in [-0.25, -0.2) is 9.78 Å². The molecule has 1 atom stereocenters. The molecule has 9 heteroatoms. The van der Waals surface area contributed by atoms with Gasteiger partial charge in [0.2, 0.25) is 0 Å². The Bertz CT molecular complexity index is 1270. The summed E-state index contributed by atoms with van der Waals surface area (Å²) in [5.74, 6) is -0.205. The lowest BCUT2D eigenvalue weighted by atomic mass is 9.88. The van der Waals surface area contributed by atoms with Crippen LogP contribution in [0, 0.1) is 4.64 Å². The van der Waals surface area contributed by atoms with Crippen LogP contribution in [0.3, 0.4) is 0 Å². The average molecular weight is 459 g/mol. The molecule has 0 bridgehead atoms. The number of halogens is 1. The van der Waals surface area contributed by atoms with Crippen molar-refractivity contribution in [3.8, 4) is 0 Å². The third kappa shape index (κ3) is 3.43. The van der Waals surface area contributed by atoms with Gasteiger partial charge in [-0.05, 0) is 29.3 Å². The van der Waals surface area contributed by atoms with Crippen LogP contribution in [0.2, 0.25) is 5.02 Å². The van der Waals surface area contributed by atoms with Crippen molar-refractivity contribution in [1.82, 2.24) is 14.5 Å². The molecule has 1 N–H and O–H groups in total. The van der Waals surface area contributed by atoms with Crippen molar-refractivity contribution in [2.24, 2.45) is 7.05 Å². The fourth-order valence-electron chi connectivity index (χ4n) is 3.92. The van der Waals surface area contributed by atoms with Crippen LogP contribution in [0.4, 0.5) is 5.13 Å². The zero-order valence-electron chi connectivity index (χ0n) is 16.2. The fraction of sp³-hybridized carbons (Fsp3) is 0.286. The van der Waals surface area contributed by atoms with E-state index in [-0.39, 0.29) is 11.6 Å². The van der Waals surface area contributed by atoms with Crippen molar-refractivity contribution in [3.05, 3.63) is 71.8 Å². The molecule has 30 heavy (non-hydrogen) atoms. The summed E-state index contributed by atoms with van der Waals surface area (Å²) in [5, 5.41) is 1.66. The van der Waals surface area contributed by atoms with Gasteiger partial charge in [0.15, 0.2) is 5.13 Å². The first-order valence-corrected chi connectivity index (χ1v) is 11.2. The number of fused-ring (bicyclic) bond motifs is 2. The zero-order chi connectivity index (χ0) is 20.8. The number of nitrogens with zero attached hydrogens (tertiary/aromatic N) is 3. The maximum absolute atomic E-state index is 12.1. The van der Waals surface area contributed by atoms with E-state index in [1.807, 2.05) is 24.4 Å². The summed E-state index contributed by atoms with van der Waals surface area (Å²) in [4.78, 5) is 23.3. The van der Waals surface area contributed by atoms with E-state index in [0.717, 1.165) is 45.5 Å². The Balaban J connectivity index is 1.73. The second-order valence-corrected chi connectivity index (χ2v) is 9.19. The lowest BCUT2D eigenvalue weighted by Gasteiger charge is -2.26. The standard InChI is InChI=1S/C21H19ClN4O2S2/c1-25-11-15(19(29)24-20(25)27)17-14-4-3-13(22)10-12(14)2-5-16-18(17)23-21(30-16)26-6-8-28-9-7-26/h2-5,10-11,17H,6-9H2,1H3,(H,24,27,29). The van der Waals surface area contributed by atoms with E-state index in [2.05, 4.69) is 22.0 Å². The summed E-state index contributed by atoms with van der Waals surface area (Å²) in [6.07, 6.45) is 5.99. The summed E-state index contributed by atoms with van der Waals surface area (Å²) >= 11 is 13.5. The van der Waals surface area contributed by atoms with Gasteiger partial charge in [0.1, 0.15) is 4.64 Å². The number of hydrogen-bond acceptors (Lipinski definition) is 6. The van der Waals surface area contributed by atoms with Crippen LogP contribution in [0.15, 0.2) is 29.2 Å². The third-order valence-electron chi connectivity index (χ3n) is 5.45. The molecule has 1 aliphatic carbocycles. The molecule has 2 aliphatic rings. The molecule has 1 fully saturated rings. The lowest BCUT2D eigenvalue weighted by Crippen LogP contribution is -2.36. The normalized spacial score (nSPS) is 18.1. The topological polar surface area (TPSA) is 63.1 Å². The molecule has 3 heterocycles. The minimum absolute atomic E-state index is 0.205. The molecule has 154 valence electrons. The molecular weight excluding hydrogens is 440 g/mol. The zero-order valence-corrected chi connectivity index (χ0v) is 18.6. The maximum atomic E-state index is 12.1. The predicted molar refractivity (Wildman–Crippen MR) is 123 cm³/mol. The molecule has 1 aromatic carbocycles. The van der Waals surface area contributed by atoms with Crippen molar-refractivity contribution < 1.29 is 4.74 Å². The Morgan fingerprint density at radius 3 is 2.87 bits per heavy atom. The minimum Gasteiger partial charge on any atom is -0.378 e. The average Bonchev–Trinajstić information content (AvgIpc) is 3.10. The number of benzene rings is 1. The van der Waals surface area contributed by atoms with Crippen LogP contribution in [-0.4, -0.2) is 40.8 Å². The van der Waals surface area contributed by atoms with Crippen LogP contribution in [0.25, 0.3) is 12.2 Å². The first-order valence-electron chi connectivity index (χ1n) is 9.62. The van der Waals surface area contributed by atoms with Crippen molar-refractivity contribution in [3.63, 3.8) is 0 Å². The number of thiazole rings is 1. The molecule has 2 aromatic heterocycles.